The Kier molecular flexibility index (Phi) is 3.27. The van der Waals surface area contributed by atoms with Crippen LogP contribution in [0.2, 0.25) is 12.1 Å². The van der Waals surface area contributed by atoms with Crippen LogP contribution in [0.15, 0.2) is 19.3 Å². The van der Waals surface area contributed by atoms with Crippen LogP contribution in [0.1, 0.15) is 19.3 Å². The molecule has 0 atom stereocenters. The van der Waals surface area contributed by atoms with Gasteiger partial charge in [0.2, 0.25) is 0 Å². The van der Waals surface area contributed by atoms with Crippen molar-refractivity contribution in [2.45, 2.75) is 31.4 Å². The summed E-state index contributed by atoms with van der Waals surface area (Å²) < 4.78 is 2.74. The van der Waals surface area contributed by atoms with Gasteiger partial charge in [-0.2, -0.15) is 0 Å². The summed E-state index contributed by atoms with van der Waals surface area (Å²) in [5, 5.41) is 0. The van der Waals surface area contributed by atoms with Gasteiger partial charge in [0.15, 0.2) is 0 Å². The maximum absolute atomic E-state index is 6.36. The van der Waals surface area contributed by atoms with Gasteiger partial charge < -0.3 is 0 Å². The van der Waals surface area contributed by atoms with Gasteiger partial charge in [0.1, 0.15) is 0 Å². The number of halogens is 2. The van der Waals surface area contributed by atoms with Crippen molar-refractivity contribution in [2.75, 3.05) is 0 Å². The van der Waals surface area contributed by atoms with E-state index in [2.05, 4.69) is 4.97 Å². The zero-order valence-corrected chi connectivity index (χ0v) is 11.6. The molecule has 13 heavy (non-hydrogen) atoms. The van der Waals surface area contributed by atoms with Gasteiger partial charge in [-0.1, -0.05) is 0 Å². The molecule has 0 aromatic heterocycles. The fourth-order valence-corrected chi connectivity index (χ4v) is 14.5. The van der Waals surface area contributed by atoms with E-state index in [1.807, 2.05) is 5.54 Å². The van der Waals surface area contributed by atoms with Crippen molar-refractivity contribution in [3.63, 3.8) is 0 Å². The van der Waals surface area contributed by atoms with Crippen molar-refractivity contribution < 1.29 is 0 Å². The fraction of sp³-hybridized carbons (Fsp3) is 0.556. The standard InChI is InChI=1S/C9H12Cl2SeSi/c10-6-9-12-7-8(11)13(9)4-2-1-3-5-13/h6-7H,1-5H2/b9-6+. The molecule has 1 fully saturated rings. The third-order valence-corrected chi connectivity index (χ3v) is 14.8. The normalized spacial score (nSPS) is 29.7. The molecule has 0 unspecified atom stereocenters. The van der Waals surface area contributed by atoms with Gasteiger partial charge in [-0.3, -0.25) is 0 Å². The minimum absolute atomic E-state index is 0.475. The van der Waals surface area contributed by atoms with Gasteiger partial charge in [-0.25, -0.2) is 0 Å². The van der Waals surface area contributed by atoms with Crippen LogP contribution in [0, 0.1) is 0 Å². The molecule has 1 spiro atoms. The van der Waals surface area contributed by atoms with Crippen LogP contribution in [-0.2, 0) is 0 Å². The molecular formula is C9H12Cl2SeSi. The van der Waals surface area contributed by atoms with E-state index in [4.69, 9.17) is 23.2 Å². The van der Waals surface area contributed by atoms with Crippen LogP contribution in [0.5, 0.6) is 0 Å². The number of rotatable bonds is 0. The Morgan fingerprint density at radius 1 is 1.31 bits per heavy atom. The van der Waals surface area contributed by atoms with E-state index < -0.39 is 8.07 Å². The molecule has 2 heterocycles. The Bertz CT molecular complexity index is 267. The molecule has 0 nitrogen and oxygen atoms in total. The van der Waals surface area contributed by atoms with Crippen LogP contribution < -0.4 is 0 Å². The first-order valence-electron chi connectivity index (χ1n) is 4.63. The number of hydrogen-bond donors (Lipinski definition) is 0. The summed E-state index contributed by atoms with van der Waals surface area (Å²) in [7, 11) is -1.37. The molecule has 0 N–H and O–H groups in total. The Hall–Kier alpha value is 0.796. The summed E-state index contributed by atoms with van der Waals surface area (Å²) in [6.07, 6.45) is 4.11. The molecule has 0 amide bonds. The minimum atomic E-state index is -1.37. The molecular weight excluding hydrogens is 286 g/mol. The van der Waals surface area contributed by atoms with E-state index in [1.165, 1.54) is 40.1 Å². The van der Waals surface area contributed by atoms with E-state index in [-0.39, 0.29) is 0 Å². The van der Waals surface area contributed by atoms with Crippen molar-refractivity contribution in [2.24, 2.45) is 0 Å². The SMILES string of the molecule is Cl/C=C1\[Se]C=C(Cl)[Si]12CCCCC2. The first-order chi connectivity index (χ1) is 6.29. The predicted octanol–water partition coefficient (Wildman–Crippen LogP) is 3.58. The van der Waals surface area contributed by atoms with Gasteiger partial charge in [-0.15, -0.1) is 0 Å². The average Bonchev–Trinajstić information content (AvgIpc) is 2.46. The summed E-state index contributed by atoms with van der Waals surface area (Å²) in [5.74, 6) is 0. The average molecular weight is 298 g/mol. The van der Waals surface area contributed by atoms with Crippen molar-refractivity contribution >= 4 is 46.2 Å². The van der Waals surface area contributed by atoms with E-state index in [0.29, 0.717) is 15.0 Å². The van der Waals surface area contributed by atoms with Gasteiger partial charge >= 0.3 is 96.8 Å². The second-order valence-electron chi connectivity index (χ2n) is 3.70. The monoisotopic (exact) mass is 298 g/mol. The van der Waals surface area contributed by atoms with Gasteiger partial charge in [-0.05, 0) is 0 Å². The van der Waals surface area contributed by atoms with Crippen molar-refractivity contribution in [3.05, 3.63) is 19.3 Å². The Morgan fingerprint density at radius 3 is 2.62 bits per heavy atom. The van der Waals surface area contributed by atoms with E-state index in [9.17, 15) is 0 Å². The van der Waals surface area contributed by atoms with Crippen LogP contribution in [0.4, 0.5) is 0 Å². The molecule has 0 saturated carbocycles. The van der Waals surface area contributed by atoms with E-state index in [0.717, 1.165) is 0 Å². The first kappa shape index (κ1) is 10.3. The predicted molar refractivity (Wildman–Crippen MR) is 62.8 cm³/mol. The van der Waals surface area contributed by atoms with Gasteiger partial charge in [0.25, 0.3) is 0 Å². The third-order valence-electron chi connectivity index (χ3n) is 3.02. The van der Waals surface area contributed by atoms with Gasteiger partial charge in [0.05, 0.1) is 0 Å². The summed E-state index contributed by atoms with van der Waals surface area (Å²) in [4.78, 5) is 2.25. The molecule has 4 heteroatoms. The number of hydrogen-bond acceptors (Lipinski definition) is 0. The topological polar surface area (TPSA) is 0 Å². The van der Waals surface area contributed by atoms with Crippen LogP contribution in [-0.4, -0.2) is 23.0 Å². The van der Waals surface area contributed by atoms with Crippen molar-refractivity contribution in [1.29, 1.82) is 0 Å². The molecule has 0 radical (unpaired) electrons. The van der Waals surface area contributed by atoms with E-state index in [1.54, 1.807) is 0 Å². The van der Waals surface area contributed by atoms with Gasteiger partial charge in [0, 0.05) is 0 Å². The summed E-state index contributed by atoms with van der Waals surface area (Å²) >= 11 is 12.7. The molecule has 1 saturated heterocycles. The first-order valence-corrected chi connectivity index (χ1v) is 9.71. The Balaban J connectivity index is 2.30. The van der Waals surface area contributed by atoms with Crippen molar-refractivity contribution in [3.8, 4) is 0 Å². The molecule has 0 aromatic rings. The molecule has 2 aliphatic heterocycles. The van der Waals surface area contributed by atoms with Crippen molar-refractivity contribution in [1.82, 2.24) is 0 Å². The second-order valence-corrected chi connectivity index (χ2v) is 11.6. The summed E-state index contributed by atoms with van der Waals surface area (Å²) in [5.41, 5.74) is 1.84. The van der Waals surface area contributed by atoms with Crippen LogP contribution in [0.25, 0.3) is 0 Å². The van der Waals surface area contributed by atoms with Crippen LogP contribution in [0.3, 0.4) is 0 Å². The van der Waals surface area contributed by atoms with Crippen LogP contribution >= 0.6 is 23.2 Å². The Morgan fingerprint density at radius 2 is 2.00 bits per heavy atom. The molecule has 2 aliphatic rings. The quantitative estimate of drug-likeness (QED) is 0.600. The molecule has 0 bridgehead atoms. The third kappa shape index (κ3) is 1.68. The summed E-state index contributed by atoms with van der Waals surface area (Å²) in [6, 6.07) is 2.70. The Labute approximate surface area is 96.5 Å². The summed E-state index contributed by atoms with van der Waals surface area (Å²) in [6.45, 7) is 0. The second kappa shape index (κ2) is 4.12. The maximum atomic E-state index is 6.36. The zero-order chi connectivity index (χ0) is 9.31. The molecule has 0 aromatic carbocycles. The molecule has 72 valence electrons. The zero-order valence-electron chi connectivity index (χ0n) is 7.35. The molecule has 0 aliphatic carbocycles. The fourth-order valence-electron chi connectivity index (χ4n) is 2.23. The molecule has 2 rings (SSSR count). The van der Waals surface area contributed by atoms with E-state index >= 15 is 0 Å².